The van der Waals surface area contributed by atoms with E-state index in [0.717, 1.165) is 11.1 Å². The molecule has 0 atom stereocenters. The predicted molar refractivity (Wildman–Crippen MR) is 135 cm³/mol. The molecule has 1 aromatic heterocycles. The van der Waals surface area contributed by atoms with Gasteiger partial charge < -0.3 is 20.3 Å². The molecule has 0 spiro atoms. The van der Waals surface area contributed by atoms with E-state index in [1.807, 2.05) is 55.6 Å². The summed E-state index contributed by atoms with van der Waals surface area (Å²) in [6.07, 6.45) is 1.50. The van der Waals surface area contributed by atoms with Crippen molar-refractivity contribution in [2.24, 2.45) is 0 Å². The number of nitrogens with two attached hydrogens (primary N) is 1. The molecule has 0 aliphatic heterocycles. The molecule has 3 aromatic carbocycles. The Labute approximate surface area is 199 Å². The normalized spacial score (nSPS) is 10.5. The zero-order valence-corrected chi connectivity index (χ0v) is 19.3. The van der Waals surface area contributed by atoms with Gasteiger partial charge in [0.1, 0.15) is 12.0 Å². The molecule has 0 fully saturated rings. The van der Waals surface area contributed by atoms with Crippen LogP contribution in [0.25, 0.3) is 0 Å². The number of benzene rings is 3. The van der Waals surface area contributed by atoms with E-state index in [4.69, 9.17) is 10.5 Å². The number of carbonyl (C=O) groups excluding carboxylic acids is 1. The minimum atomic E-state index is -0.426. The monoisotopic (exact) mass is 453 g/mol. The van der Waals surface area contributed by atoms with E-state index in [1.165, 1.54) is 13.4 Å². The maximum absolute atomic E-state index is 12.3. The van der Waals surface area contributed by atoms with Crippen molar-refractivity contribution in [2.45, 2.75) is 13.1 Å². The molecule has 0 radical (unpaired) electrons. The molecule has 0 amide bonds. The smallest absolute Gasteiger partial charge is 0.339 e. The summed E-state index contributed by atoms with van der Waals surface area (Å²) in [6.45, 7) is 1.25. The number of methoxy groups -OCH3 is 1. The van der Waals surface area contributed by atoms with E-state index < -0.39 is 5.97 Å². The maximum Gasteiger partial charge on any atom is 0.339 e. The topological polar surface area (TPSA) is 84.6 Å². The number of rotatable bonds is 8. The lowest BCUT2D eigenvalue weighted by atomic mass is 10.1. The first-order valence-corrected chi connectivity index (χ1v) is 10.9. The van der Waals surface area contributed by atoms with E-state index in [9.17, 15) is 4.79 Å². The summed E-state index contributed by atoms with van der Waals surface area (Å²) < 4.78 is 4.95. The average molecular weight is 454 g/mol. The maximum atomic E-state index is 12.3. The second-order valence-electron chi connectivity index (χ2n) is 7.83. The number of aromatic nitrogens is 2. The van der Waals surface area contributed by atoms with Crippen molar-refractivity contribution in [3.8, 4) is 0 Å². The molecule has 0 saturated carbocycles. The quantitative estimate of drug-likeness (QED) is 0.383. The summed E-state index contributed by atoms with van der Waals surface area (Å²) in [7, 11) is 3.18. The van der Waals surface area contributed by atoms with Gasteiger partial charge in [-0.3, -0.25) is 0 Å². The largest absolute Gasteiger partial charge is 0.465 e. The van der Waals surface area contributed by atoms with Crippen LogP contribution in [0.3, 0.4) is 0 Å². The van der Waals surface area contributed by atoms with Crippen LogP contribution in [0.4, 0.5) is 23.0 Å². The van der Waals surface area contributed by atoms with Crippen molar-refractivity contribution in [1.29, 1.82) is 0 Å². The van der Waals surface area contributed by atoms with Crippen molar-refractivity contribution in [3.05, 3.63) is 108 Å². The predicted octanol–water partition coefficient (Wildman–Crippen LogP) is 4.82. The van der Waals surface area contributed by atoms with Crippen molar-refractivity contribution < 1.29 is 9.53 Å². The van der Waals surface area contributed by atoms with Gasteiger partial charge in [0.25, 0.3) is 0 Å². The fourth-order valence-electron chi connectivity index (χ4n) is 3.87. The number of esters is 1. The Morgan fingerprint density at radius 1 is 0.824 bits per heavy atom. The van der Waals surface area contributed by atoms with Crippen LogP contribution in [0, 0.1) is 0 Å². The Balaban J connectivity index is 1.74. The van der Waals surface area contributed by atoms with Crippen LogP contribution in [0.5, 0.6) is 0 Å². The fourth-order valence-corrected chi connectivity index (χ4v) is 3.87. The molecule has 7 nitrogen and oxygen atoms in total. The third kappa shape index (κ3) is 4.99. The Bertz CT molecular complexity index is 1210. The second-order valence-corrected chi connectivity index (χ2v) is 7.83. The number of nitrogens with zero attached hydrogens (tertiary/aromatic N) is 4. The minimum Gasteiger partial charge on any atom is -0.465 e. The third-order valence-corrected chi connectivity index (χ3v) is 5.56. The van der Waals surface area contributed by atoms with Gasteiger partial charge in [-0.25, -0.2) is 14.8 Å². The first kappa shape index (κ1) is 22.8. The van der Waals surface area contributed by atoms with Crippen molar-refractivity contribution in [2.75, 3.05) is 29.7 Å². The molecule has 1 heterocycles. The summed E-state index contributed by atoms with van der Waals surface area (Å²) >= 11 is 0. The lowest BCUT2D eigenvalue weighted by Crippen LogP contribution is -2.26. The SMILES string of the molecule is COC(=O)c1ccccc1N(C)c1ncnc(N(Cc2ccccc2)Cc2ccccc2)c1N. The number of anilines is 4. The minimum absolute atomic E-state index is 0.426. The summed E-state index contributed by atoms with van der Waals surface area (Å²) in [5, 5.41) is 0. The molecule has 0 bridgehead atoms. The lowest BCUT2D eigenvalue weighted by molar-refractivity contribution is 0.0601. The van der Waals surface area contributed by atoms with E-state index in [2.05, 4.69) is 39.1 Å². The van der Waals surface area contributed by atoms with Crippen molar-refractivity contribution in [1.82, 2.24) is 9.97 Å². The van der Waals surface area contributed by atoms with Gasteiger partial charge in [-0.15, -0.1) is 0 Å². The molecule has 0 unspecified atom stereocenters. The lowest BCUT2D eigenvalue weighted by Gasteiger charge is -2.28. The second kappa shape index (κ2) is 10.5. The standard InChI is InChI=1S/C27H27N5O2/c1-31(23-16-10-9-15-22(23)27(33)34-2)25-24(28)26(30-19-29-25)32(17-20-11-5-3-6-12-20)18-21-13-7-4-8-14-21/h3-16,19H,17-18,28H2,1-2H3. The Morgan fingerprint density at radius 2 is 1.35 bits per heavy atom. The van der Waals surface area contributed by atoms with E-state index in [-0.39, 0.29) is 0 Å². The summed E-state index contributed by atoms with van der Waals surface area (Å²) in [4.78, 5) is 25.2. The molecule has 0 aliphatic carbocycles. The van der Waals surface area contributed by atoms with Crippen molar-refractivity contribution in [3.63, 3.8) is 0 Å². The molecule has 4 rings (SSSR count). The third-order valence-electron chi connectivity index (χ3n) is 5.56. The summed E-state index contributed by atoms with van der Waals surface area (Å²) in [5.74, 6) is 0.706. The Morgan fingerprint density at radius 3 is 1.94 bits per heavy atom. The van der Waals surface area contributed by atoms with Crippen LogP contribution < -0.4 is 15.5 Å². The van der Waals surface area contributed by atoms with E-state index >= 15 is 0 Å². The first-order chi connectivity index (χ1) is 16.6. The fraction of sp³-hybridized carbons (Fsp3) is 0.148. The molecular weight excluding hydrogens is 426 g/mol. The number of hydrogen-bond acceptors (Lipinski definition) is 7. The number of nitrogen functional groups attached to an aromatic ring is 1. The van der Waals surface area contributed by atoms with Crippen LogP contribution in [0.1, 0.15) is 21.5 Å². The molecule has 7 heteroatoms. The highest BCUT2D eigenvalue weighted by atomic mass is 16.5. The molecular formula is C27H27N5O2. The Hall–Kier alpha value is -4.39. The highest BCUT2D eigenvalue weighted by molar-refractivity contribution is 5.97. The average Bonchev–Trinajstić information content (AvgIpc) is 2.89. The van der Waals surface area contributed by atoms with Crippen LogP contribution in [0.2, 0.25) is 0 Å². The summed E-state index contributed by atoms with van der Waals surface area (Å²) in [5.41, 5.74) is 10.4. The van der Waals surface area contributed by atoms with Gasteiger partial charge in [0.2, 0.25) is 0 Å². The van der Waals surface area contributed by atoms with Gasteiger partial charge >= 0.3 is 5.97 Å². The highest BCUT2D eigenvalue weighted by Crippen LogP contribution is 2.35. The van der Waals surface area contributed by atoms with Crippen LogP contribution in [-0.2, 0) is 17.8 Å². The molecule has 0 aliphatic rings. The molecule has 2 N–H and O–H groups in total. The first-order valence-electron chi connectivity index (χ1n) is 10.9. The van der Waals surface area contributed by atoms with E-state index in [1.54, 1.807) is 17.0 Å². The molecule has 0 saturated heterocycles. The number of para-hydroxylation sites is 1. The molecule has 4 aromatic rings. The van der Waals surface area contributed by atoms with Gasteiger partial charge in [0, 0.05) is 20.1 Å². The van der Waals surface area contributed by atoms with E-state index in [0.29, 0.717) is 41.7 Å². The number of hydrogen-bond donors (Lipinski definition) is 1. The number of carbonyl (C=O) groups is 1. The Kier molecular flexibility index (Phi) is 7.03. The van der Waals surface area contributed by atoms with Crippen LogP contribution in [-0.4, -0.2) is 30.1 Å². The number of ether oxygens (including phenoxy) is 1. The summed E-state index contributed by atoms with van der Waals surface area (Å²) in [6, 6.07) is 27.6. The van der Waals surface area contributed by atoms with Gasteiger partial charge in [0.05, 0.1) is 18.4 Å². The zero-order chi connectivity index (χ0) is 23.9. The van der Waals surface area contributed by atoms with Gasteiger partial charge in [-0.2, -0.15) is 0 Å². The molecule has 34 heavy (non-hydrogen) atoms. The molecule has 172 valence electrons. The van der Waals surface area contributed by atoms with Gasteiger partial charge in [-0.05, 0) is 23.3 Å². The zero-order valence-electron chi connectivity index (χ0n) is 19.3. The van der Waals surface area contributed by atoms with Gasteiger partial charge in [0.15, 0.2) is 11.6 Å². The van der Waals surface area contributed by atoms with Gasteiger partial charge in [-0.1, -0.05) is 72.8 Å². The highest BCUT2D eigenvalue weighted by Gasteiger charge is 2.22. The van der Waals surface area contributed by atoms with Crippen LogP contribution in [0.15, 0.2) is 91.3 Å². The van der Waals surface area contributed by atoms with Crippen LogP contribution >= 0.6 is 0 Å². The van der Waals surface area contributed by atoms with Crippen molar-refractivity contribution >= 4 is 29.0 Å².